The number of carbonyl (C=O) groups excluding carboxylic acids is 1. The number of benzene rings is 2. The van der Waals surface area contributed by atoms with Crippen LogP contribution in [0.2, 0.25) is 0 Å². The number of halogens is 1. The van der Waals surface area contributed by atoms with Crippen molar-refractivity contribution >= 4 is 74.3 Å². The lowest BCUT2D eigenvalue weighted by Crippen LogP contribution is -2.50. The molecule has 1 fully saturated rings. The van der Waals surface area contributed by atoms with E-state index in [1.165, 1.54) is 0 Å². The minimum Gasteiger partial charge on any atom is -0.494 e. The molecule has 238 valence electrons. The number of anilines is 5. The topological polar surface area (TPSA) is 169 Å². The van der Waals surface area contributed by atoms with Gasteiger partial charge in [-0.1, -0.05) is 0 Å². The maximum Gasteiger partial charge on any atom is 0.314 e. The highest BCUT2D eigenvalue weighted by Crippen LogP contribution is 2.42. The maximum atomic E-state index is 13.4. The molecule has 2 aromatic carbocycles. The van der Waals surface area contributed by atoms with E-state index in [0.29, 0.717) is 75.9 Å². The van der Waals surface area contributed by atoms with Gasteiger partial charge in [0, 0.05) is 80.9 Å². The molecule has 6 rings (SSSR count). The van der Waals surface area contributed by atoms with Gasteiger partial charge in [0.15, 0.2) is 0 Å². The maximum absolute atomic E-state index is 13.4. The van der Waals surface area contributed by atoms with Crippen LogP contribution in [0.4, 0.5) is 33.6 Å². The van der Waals surface area contributed by atoms with E-state index in [0.717, 1.165) is 16.8 Å². The van der Waals surface area contributed by atoms with Crippen LogP contribution >= 0.6 is 23.1 Å². The Hall–Kier alpha value is -4.75. The van der Waals surface area contributed by atoms with E-state index in [1.807, 2.05) is 37.5 Å². The molecule has 0 bridgehead atoms. The third-order valence-electron chi connectivity index (χ3n) is 7.66. The van der Waals surface area contributed by atoms with Crippen molar-refractivity contribution in [2.75, 3.05) is 62.2 Å². The van der Waals surface area contributed by atoms with Crippen molar-refractivity contribution in [3.05, 3.63) is 59.7 Å². The fraction of sp³-hybridized carbons (Fsp3) is 0.267. The summed E-state index contributed by atoms with van der Waals surface area (Å²) >= 11 is 3.55. The van der Waals surface area contributed by atoms with Crippen LogP contribution in [0.1, 0.15) is 0 Å². The average molecular weight is 707 g/mol. The smallest absolute Gasteiger partial charge is 0.314 e. The third kappa shape index (κ3) is 6.33. The summed E-state index contributed by atoms with van der Waals surface area (Å²) in [7, 11) is 0.689. The van der Waals surface area contributed by atoms with Crippen LogP contribution in [0.15, 0.2) is 59.7 Å². The summed E-state index contributed by atoms with van der Waals surface area (Å²) in [5.74, 6) is 1.35. The fourth-order valence-corrected chi connectivity index (χ4v) is 7.17. The average Bonchev–Trinajstić information content (AvgIpc) is 3.47. The van der Waals surface area contributed by atoms with Gasteiger partial charge >= 0.3 is 6.03 Å². The second-order valence-electron chi connectivity index (χ2n) is 11.2. The molecule has 1 aliphatic rings. The number of nitrogens with two attached hydrogens (primary N) is 1. The predicted octanol–water partition coefficient (Wildman–Crippen LogP) is 4.53. The number of piperazine rings is 1. The molecule has 0 radical (unpaired) electrons. The van der Waals surface area contributed by atoms with Crippen LogP contribution in [0.3, 0.4) is 0 Å². The Morgan fingerprint density at radius 2 is 1.78 bits per heavy atom. The van der Waals surface area contributed by atoms with Gasteiger partial charge in [-0.05, 0) is 47.5 Å². The number of aromatic nitrogens is 6. The lowest BCUT2D eigenvalue weighted by Gasteiger charge is -2.36. The van der Waals surface area contributed by atoms with Crippen LogP contribution in [0, 0.1) is 0 Å². The molecule has 0 saturated carbocycles. The third-order valence-corrected chi connectivity index (χ3v) is 9.77. The number of fused-ring (bicyclic) bond motifs is 1. The van der Waals surface area contributed by atoms with Gasteiger partial charge in [0.1, 0.15) is 24.2 Å². The number of hydrogen-bond acceptors (Lipinski definition) is 11. The Kier molecular flexibility index (Phi) is 8.53. The molecule has 0 unspecified atom stereocenters. The van der Waals surface area contributed by atoms with E-state index in [4.69, 9.17) is 15.5 Å². The zero-order valence-electron chi connectivity index (χ0n) is 25.7. The summed E-state index contributed by atoms with van der Waals surface area (Å²) in [6.45, 7) is 5.67. The van der Waals surface area contributed by atoms with E-state index < -0.39 is 13.2 Å². The molecule has 5 aromatic rings. The number of primary amides is 1. The van der Waals surface area contributed by atoms with Crippen molar-refractivity contribution in [1.29, 1.82) is 0 Å². The standard InChI is InChI=1S/C30H33BrN11O3P/c1-40-17-18(15-36-40)19-13-23(25(45-2)14-24(19)41-9-11-42(12-10-41)29(32)43)38-30-35-16-20(31)28(39-30)37-22-6-5-21-26(34-8-7-33-21)27(22)46(3,4)44/h5-8,13-17H,9-12H2,1-4H3,(H2,32,43)(H2,35,37,38,39). The van der Waals surface area contributed by atoms with Gasteiger partial charge in [-0.15, -0.1) is 0 Å². The normalized spacial score (nSPS) is 13.6. The summed E-state index contributed by atoms with van der Waals surface area (Å²) in [6.07, 6.45) is 8.58. The van der Waals surface area contributed by atoms with E-state index >= 15 is 0 Å². The van der Waals surface area contributed by atoms with Gasteiger partial charge < -0.3 is 35.5 Å². The Bertz CT molecular complexity index is 1990. The Morgan fingerprint density at radius 3 is 2.46 bits per heavy atom. The van der Waals surface area contributed by atoms with Crippen LogP contribution < -0.4 is 31.3 Å². The van der Waals surface area contributed by atoms with Crippen molar-refractivity contribution < 1.29 is 14.1 Å². The number of carbonyl (C=O) groups is 1. The van der Waals surface area contributed by atoms with Crippen molar-refractivity contribution in [2.45, 2.75) is 0 Å². The molecular formula is C30H33BrN11O3P. The number of hydrogen-bond donors (Lipinski definition) is 3. The van der Waals surface area contributed by atoms with Crippen molar-refractivity contribution in [3.8, 4) is 16.9 Å². The van der Waals surface area contributed by atoms with Crippen molar-refractivity contribution in [2.24, 2.45) is 12.8 Å². The van der Waals surface area contributed by atoms with E-state index in [2.05, 4.69) is 51.5 Å². The predicted molar refractivity (Wildman–Crippen MR) is 183 cm³/mol. The first-order valence-electron chi connectivity index (χ1n) is 14.4. The number of aryl methyl sites for hydroxylation is 1. The molecular weight excluding hydrogens is 673 g/mol. The fourth-order valence-electron chi connectivity index (χ4n) is 5.49. The largest absolute Gasteiger partial charge is 0.494 e. The molecule has 1 aliphatic heterocycles. The Labute approximate surface area is 273 Å². The first-order valence-corrected chi connectivity index (χ1v) is 17.8. The monoisotopic (exact) mass is 705 g/mol. The Morgan fingerprint density at radius 1 is 1.02 bits per heavy atom. The summed E-state index contributed by atoms with van der Waals surface area (Å²) in [4.78, 5) is 33.7. The minimum atomic E-state index is -2.78. The molecule has 2 amide bonds. The molecule has 4 N–H and O–H groups in total. The summed E-state index contributed by atoms with van der Waals surface area (Å²) in [5, 5.41) is 11.6. The minimum absolute atomic E-state index is 0.308. The van der Waals surface area contributed by atoms with Gasteiger partial charge in [-0.25, -0.2) is 9.78 Å². The van der Waals surface area contributed by atoms with E-state index in [-0.39, 0.29) is 0 Å². The molecule has 0 atom stereocenters. The van der Waals surface area contributed by atoms with E-state index in [9.17, 15) is 9.36 Å². The van der Waals surface area contributed by atoms with Crippen molar-refractivity contribution in [1.82, 2.24) is 34.6 Å². The van der Waals surface area contributed by atoms with Crippen LogP contribution in [0.5, 0.6) is 5.75 Å². The highest BCUT2D eigenvalue weighted by atomic mass is 79.9. The number of nitrogens with zero attached hydrogens (tertiary/aromatic N) is 8. The second kappa shape index (κ2) is 12.6. The van der Waals surface area contributed by atoms with Crippen LogP contribution in [0.25, 0.3) is 22.2 Å². The van der Waals surface area contributed by atoms with E-state index in [1.54, 1.807) is 54.8 Å². The highest BCUT2D eigenvalue weighted by Gasteiger charge is 2.25. The molecule has 14 nitrogen and oxygen atoms in total. The van der Waals surface area contributed by atoms with Gasteiger partial charge in [0.25, 0.3) is 0 Å². The zero-order chi connectivity index (χ0) is 32.6. The highest BCUT2D eigenvalue weighted by molar-refractivity contribution is 9.10. The molecule has 0 spiro atoms. The lowest BCUT2D eigenvalue weighted by atomic mass is 10.0. The SMILES string of the molecule is COc1cc(N2CCN(C(N)=O)CC2)c(-c2cnn(C)c2)cc1Nc1ncc(Br)c(Nc2ccc3nccnc3c2P(C)(C)=O)n1. The van der Waals surface area contributed by atoms with Crippen LogP contribution in [-0.4, -0.2) is 87.3 Å². The zero-order valence-corrected chi connectivity index (χ0v) is 28.2. The quantitative estimate of drug-likeness (QED) is 0.194. The number of amides is 2. The van der Waals surface area contributed by atoms with Gasteiger partial charge in [-0.3, -0.25) is 14.6 Å². The first kappa shape index (κ1) is 31.2. The van der Waals surface area contributed by atoms with Gasteiger partial charge in [0.2, 0.25) is 5.95 Å². The molecule has 46 heavy (non-hydrogen) atoms. The summed E-state index contributed by atoms with van der Waals surface area (Å²) < 4.78 is 21.6. The number of rotatable bonds is 8. The molecule has 0 aliphatic carbocycles. The number of methoxy groups -OCH3 is 1. The summed E-state index contributed by atoms with van der Waals surface area (Å²) in [6, 6.07) is 7.19. The molecule has 16 heteroatoms. The van der Waals surface area contributed by atoms with Gasteiger partial charge in [0.05, 0.1) is 40.0 Å². The van der Waals surface area contributed by atoms with Crippen molar-refractivity contribution in [3.63, 3.8) is 0 Å². The Balaban J connectivity index is 1.36. The number of nitrogens with one attached hydrogen (secondary N) is 2. The molecule has 1 saturated heterocycles. The first-order chi connectivity index (χ1) is 22.0. The summed E-state index contributed by atoms with van der Waals surface area (Å²) in [5.41, 5.74) is 10.8. The van der Waals surface area contributed by atoms with Crippen LogP contribution in [-0.2, 0) is 11.6 Å². The molecule has 3 aromatic heterocycles. The number of urea groups is 1. The molecule has 4 heterocycles. The lowest BCUT2D eigenvalue weighted by molar-refractivity contribution is 0.204. The number of ether oxygens (including phenoxy) is 1. The van der Waals surface area contributed by atoms with Gasteiger partial charge in [-0.2, -0.15) is 10.1 Å². The second-order valence-corrected chi connectivity index (χ2v) is 15.2.